The van der Waals surface area contributed by atoms with Gasteiger partial charge in [0.25, 0.3) is 0 Å². The van der Waals surface area contributed by atoms with Crippen LogP contribution in [0.1, 0.15) is 0 Å². The van der Waals surface area contributed by atoms with Crippen LogP contribution >= 0.6 is 0 Å². The highest BCUT2D eigenvalue weighted by molar-refractivity contribution is 6.16. The van der Waals surface area contributed by atoms with E-state index >= 15 is 0 Å². The number of hydrogen-bond donors (Lipinski definition) is 0. The average Bonchev–Trinajstić information content (AvgIpc) is 3.14. The first-order valence-corrected chi connectivity index (χ1v) is 15.4. The zero-order valence-electron chi connectivity index (χ0n) is 24.8. The molecule has 0 saturated carbocycles. The summed E-state index contributed by atoms with van der Waals surface area (Å²) >= 11 is 0. The zero-order valence-corrected chi connectivity index (χ0v) is 24.8. The molecule has 0 unspecified atom stereocenters. The molecule has 214 valence electrons. The second-order valence-corrected chi connectivity index (χ2v) is 11.5. The molecule has 9 aromatic rings. The Balaban J connectivity index is 1.17. The van der Waals surface area contributed by atoms with Crippen LogP contribution in [0.2, 0.25) is 0 Å². The molecule has 0 radical (unpaired) electrons. The lowest BCUT2D eigenvalue weighted by Gasteiger charge is -2.14. The molecule has 0 aliphatic rings. The molecule has 0 bridgehead atoms. The van der Waals surface area contributed by atoms with Gasteiger partial charge < -0.3 is 0 Å². The van der Waals surface area contributed by atoms with Crippen molar-refractivity contribution >= 4 is 43.6 Å². The molecule has 4 aromatic heterocycles. The minimum atomic E-state index is 0.870. The maximum atomic E-state index is 5.18. The van der Waals surface area contributed by atoms with Gasteiger partial charge in [-0.05, 0) is 53.1 Å². The van der Waals surface area contributed by atoms with E-state index in [9.17, 15) is 0 Å². The molecule has 0 atom stereocenters. The summed E-state index contributed by atoms with van der Waals surface area (Å²) in [5, 5.41) is 4.39. The monoisotopic (exact) mass is 586 g/mol. The molecule has 0 spiro atoms. The summed E-state index contributed by atoms with van der Waals surface area (Å²) in [4.78, 5) is 19.7. The first-order valence-electron chi connectivity index (χ1n) is 15.4. The van der Waals surface area contributed by atoms with Crippen molar-refractivity contribution in [3.63, 3.8) is 0 Å². The van der Waals surface area contributed by atoms with E-state index in [1.165, 1.54) is 5.56 Å². The minimum Gasteiger partial charge on any atom is -0.255 e. The Morgan fingerprint density at radius 2 is 1.07 bits per heavy atom. The van der Waals surface area contributed by atoms with Crippen LogP contribution < -0.4 is 0 Å². The number of nitrogens with zero attached hydrogens (tertiary/aromatic N) is 4. The Bertz CT molecular complexity index is 2560. The molecule has 0 fully saturated rings. The average molecular weight is 587 g/mol. The molecule has 4 heteroatoms. The van der Waals surface area contributed by atoms with Gasteiger partial charge in [-0.1, -0.05) is 115 Å². The van der Waals surface area contributed by atoms with Gasteiger partial charge in [0.2, 0.25) is 0 Å². The van der Waals surface area contributed by atoms with Crippen molar-refractivity contribution in [2.45, 2.75) is 0 Å². The van der Waals surface area contributed by atoms with E-state index < -0.39 is 0 Å². The summed E-state index contributed by atoms with van der Waals surface area (Å²) < 4.78 is 0. The number of benzene rings is 5. The van der Waals surface area contributed by atoms with Gasteiger partial charge in [0.05, 0.1) is 39.1 Å². The number of rotatable bonds is 4. The molecule has 46 heavy (non-hydrogen) atoms. The van der Waals surface area contributed by atoms with Crippen LogP contribution in [0.15, 0.2) is 158 Å². The fourth-order valence-electron chi connectivity index (χ4n) is 6.40. The molecule has 9 rings (SSSR count). The van der Waals surface area contributed by atoms with Crippen molar-refractivity contribution in [1.82, 2.24) is 19.9 Å². The standard InChI is InChI=1S/C42H26N4/c1-2-8-28(9-3-1)35-23-21-31-19-22-34-40(33-10-4-5-11-36(33)46-42(34)41(31)45-35)30-16-13-27(14-17-30)32-18-15-29-20-24-38(44-39(29)26-32)37-12-6-7-25-43-37/h1-26H. The van der Waals surface area contributed by atoms with Crippen LogP contribution in [-0.4, -0.2) is 19.9 Å². The smallest absolute Gasteiger partial charge is 0.0978 e. The highest BCUT2D eigenvalue weighted by Crippen LogP contribution is 2.38. The molecular formula is C42H26N4. The predicted molar refractivity (Wildman–Crippen MR) is 189 cm³/mol. The van der Waals surface area contributed by atoms with Crippen LogP contribution in [0.4, 0.5) is 0 Å². The summed E-state index contributed by atoms with van der Waals surface area (Å²) in [5.41, 5.74) is 12.1. The van der Waals surface area contributed by atoms with Crippen molar-refractivity contribution in [3.8, 4) is 44.9 Å². The van der Waals surface area contributed by atoms with Crippen LogP contribution in [-0.2, 0) is 0 Å². The molecule has 0 N–H and O–H groups in total. The normalized spacial score (nSPS) is 11.5. The molecule has 4 heterocycles. The number of pyridine rings is 4. The van der Waals surface area contributed by atoms with Gasteiger partial charge in [-0.25, -0.2) is 15.0 Å². The fraction of sp³-hybridized carbons (Fsp3) is 0. The lowest BCUT2D eigenvalue weighted by atomic mass is 9.93. The quantitative estimate of drug-likeness (QED) is 0.152. The third-order valence-electron chi connectivity index (χ3n) is 8.71. The third-order valence-corrected chi connectivity index (χ3v) is 8.71. The highest BCUT2D eigenvalue weighted by atomic mass is 14.8. The number of para-hydroxylation sites is 1. The van der Waals surface area contributed by atoms with Crippen LogP contribution in [0.25, 0.3) is 88.5 Å². The molecular weight excluding hydrogens is 560 g/mol. The van der Waals surface area contributed by atoms with Crippen molar-refractivity contribution < 1.29 is 0 Å². The van der Waals surface area contributed by atoms with E-state index in [1.54, 1.807) is 6.20 Å². The number of aromatic nitrogens is 4. The van der Waals surface area contributed by atoms with Gasteiger partial charge in [0, 0.05) is 38.9 Å². The van der Waals surface area contributed by atoms with E-state index in [0.29, 0.717) is 0 Å². The van der Waals surface area contributed by atoms with Crippen molar-refractivity contribution in [3.05, 3.63) is 158 Å². The lowest BCUT2D eigenvalue weighted by Crippen LogP contribution is -1.93. The summed E-state index contributed by atoms with van der Waals surface area (Å²) in [6.07, 6.45) is 1.80. The van der Waals surface area contributed by atoms with Crippen molar-refractivity contribution in [1.29, 1.82) is 0 Å². The van der Waals surface area contributed by atoms with Gasteiger partial charge >= 0.3 is 0 Å². The zero-order chi connectivity index (χ0) is 30.5. The van der Waals surface area contributed by atoms with E-state index in [0.717, 1.165) is 82.9 Å². The summed E-state index contributed by atoms with van der Waals surface area (Å²) in [7, 11) is 0. The lowest BCUT2D eigenvalue weighted by molar-refractivity contribution is 1.28. The van der Waals surface area contributed by atoms with Gasteiger partial charge in [-0.3, -0.25) is 4.98 Å². The largest absolute Gasteiger partial charge is 0.255 e. The topological polar surface area (TPSA) is 51.6 Å². The van der Waals surface area contributed by atoms with Gasteiger partial charge in [-0.15, -0.1) is 0 Å². The van der Waals surface area contributed by atoms with Crippen molar-refractivity contribution in [2.24, 2.45) is 0 Å². The summed E-state index contributed by atoms with van der Waals surface area (Å²) in [5.74, 6) is 0. The van der Waals surface area contributed by atoms with Crippen LogP contribution in [0.5, 0.6) is 0 Å². The fourth-order valence-corrected chi connectivity index (χ4v) is 6.40. The predicted octanol–water partition coefficient (Wildman–Crippen LogP) is 10.5. The Morgan fingerprint density at radius 3 is 1.93 bits per heavy atom. The van der Waals surface area contributed by atoms with Crippen molar-refractivity contribution in [2.75, 3.05) is 0 Å². The Hall–Kier alpha value is -6.26. The van der Waals surface area contributed by atoms with Crippen LogP contribution in [0, 0.1) is 0 Å². The second-order valence-electron chi connectivity index (χ2n) is 11.5. The first-order chi connectivity index (χ1) is 22.8. The Kier molecular flexibility index (Phi) is 6.10. The second kappa shape index (κ2) is 10.7. The molecule has 0 saturated heterocycles. The van der Waals surface area contributed by atoms with E-state index in [-0.39, 0.29) is 0 Å². The van der Waals surface area contributed by atoms with E-state index in [1.807, 2.05) is 42.5 Å². The van der Waals surface area contributed by atoms with Gasteiger partial charge in [0.15, 0.2) is 0 Å². The van der Waals surface area contributed by atoms with E-state index in [2.05, 4.69) is 114 Å². The summed E-state index contributed by atoms with van der Waals surface area (Å²) in [6.45, 7) is 0. The first kappa shape index (κ1) is 26.2. The highest BCUT2D eigenvalue weighted by Gasteiger charge is 2.15. The Morgan fingerprint density at radius 1 is 0.348 bits per heavy atom. The molecule has 0 aliphatic carbocycles. The van der Waals surface area contributed by atoms with E-state index in [4.69, 9.17) is 15.0 Å². The van der Waals surface area contributed by atoms with Gasteiger partial charge in [0.1, 0.15) is 0 Å². The Labute approximate surface area is 265 Å². The van der Waals surface area contributed by atoms with Crippen LogP contribution in [0.3, 0.4) is 0 Å². The molecule has 5 aromatic carbocycles. The summed E-state index contributed by atoms with van der Waals surface area (Å²) in [6, 6.07) is 52.6. The minimum absolute atomic E-state index is 0.870. The third kappa shape index (κ3) is 4.47. The molecule has 0 aliphatic heterocycles. The molecule has 4 nitrogen and oxygen atoms in total. The SMILES string of the molecule is c1ccc(-c2ccc3ccc4c(-c5ccc(-c6ccc7ccc(-c8ccccn8)nc7c6)cc5)c5ccccc5nc4c3n2)cc1. The number of hydrogen-bond acceptors (Lipinski definition) is 4. The van der Waals surface area contributed by atoms with Gasteiger partial charge in [-0.2, -0.15) is 0 Å². The maximum Gasteiger partial charge on any atom is 0.0978 e. The molecule has 0 amide bonds. The number of fused-ring (bicyclic) bond motifs is 5. The maximum absolute atomic E-state index is 5.18.